The van der Waals surface area contributed by atoms with E-state index in [-0.39, 0.29) is 0 Å². The zero-order valence-electron chi connectivity index (χ0n) is 15.5. The van der Waals surface area contributed by atoms with Crippen LogP contribution in [-0.4, -0.2) is 30.5 Å². The zero-order valence-corrected chi connectivity index (χ0v) is 16.2. The Kier molecular flexibility index (Phi) is 4.94. The minimum absolute atomic E-state index is 0.700. The second-order valence-electron chi connectivity index (χ2n) is 6.49. The van der Waals surface area contributed by atoms with Crippen molar-refractivity contribution < 1.29 is 9.47 Å². The normalized spacial score (nSPS) is 13.4. The van der Waals surface area contributed by atoms with E-state index in [0.29, 0.717) is 16.5 Å². The van der Waals surface area contributed by atoms with Crippen molar-refractivity contribution >= 4 is 17.4 Å². The first-order valence-corrected chi connectivity index (χ1v) is 9.44. The number of ether oxygens (including phenoxy) is 2. The van der Waals surface area contributed by atoms with E-state index in [0.717, 1.165) is 48.6 Å². The molecule has 0 spiro atoms. The van der Waals surface area contributed by atoms with Gasteiger partial charge in [0.05, 0.1) is 19.9 Å². The van der Waals surface area contributed by atoms with Gasteiger partial charge in [-0.1, -0.05) is 17.7 Å². The third-order valence-electron chi connectivity index (χ3n) is 4.86. The van der Waals surface area contributed by atoms with Crippen molar-refractivity contribution in [1.82, 2.24) is 9.78 Å². The van der Waals surface area contributed by atoms with Gasteiger partial charge >= 0.3 is 0 Å². The van der Waals surface area contributed by atoms with Gasteiger partial charge < -0.3 is 14.8 Å². The number of rotatable bonds is 4. The Morgan fingerprint density at radius 1 is 1.04 bits per heavy atom. The molecule has 1 aliphatic heterocycles. The highest BCUT2D eigenvalue weighted by Gasteiger charge is 2.24. The molecule has 0 amide bonds. The number of nitrogens with one attached hydrogen (secondary N) is 1. The lowest BCUT2D eigenvalue weighted by Gasteiger charge is -2.12. The first kappa shape index (κ1) is 17.7. The van der Waals surface area contributed by atoms with E-state index >= 15 is 0 Å². The van der Waals surface area contributed by atoms with Crippen molar-refractivity contribution in [2.45, 2.75) is 19.3 Å². The molecule has 1 N–H and O–H groups in total. The number of hydrogen-bond acceptors (Lipinski definition) is 4. The van der Waals surface area contributed by atoms with Crippen molar-refractivity contribution in [2.24, 2.45) is 0 Å². The molecule has 1 aliphatic rings. The summed E-state index contributed by atoms with van der Waals surface area (Å²) in [6.45, 7) is 0.932. The van der Waals surface area contributed by atoms with Crippen molar-refractivity contribution in [1.29, 1.82) is 0 Å². The molecule has 4 rings (SSSR count). The molecule has 0 radical (unpaired) electrons. The van der Waals surface area contributed by atoms with E-state index in [1.165, 1.54) is 5.56 Å². The molecular formula is C21H22ClN3O2. The predicted molar refractivity (Wildman–Crippen MR) is 109 cm³/mol. The Balaban J connectivity index is 1.93. The summed E-state index contributed by atoms with van der Waals surface area (Å²) in [5.74, 6) is 2.44. The summed E-state index contributed by atoms with van der Waals surface area (Å²) in [6, 6.07) is 13.6. The fraction of sp³-hybridized carbons (Fsp3) is 0.286. The van der Waals surface area contributed by atoms with Crippen LogP contribution < -0.4 is 14.8 Å². The van der Waals surface area contributed by atoms with Gasteiger partial charge in [-0.2, -0.15) is 5.10 Å². The Bertz CT molecular complexity index is 951. The fourth-order valence-electron chi connectivity index (χ4n) is 3.56. The van der Waals surface area contributed by atoms with Gasteiger partial charge in [0, 0.05) is 22.7 Å². The van der Waals surface area contributed by atoms with Gasteiger partial charge in [0.15, 0.2) is 11.5 Å². The van der Waals surface area contributed by atoms with Gasteiger partial charge in [-0.05, 0) is 55.7 Å². The van der Waals surface area contributed by atoms with Crippen molar-refractivity contribution in [3.8, 4) is 28.4 Å². The molecule has 0 bridgehead atoms. The fourth-order valence-corrected chi connectivity index (χ4v) is 3.69. The number of para-hydroxylation sites is 1. The van der Waals surface area contributed by atoms with Crippen LogP contribution in [0.4, 0.5) is 5.82 Å². The number of fused-ring (bicyclic) bond motifs is 1. The lowest BCUT2D eigenvalue weighted by atomic mass is 10.0. The Labute approximate surface area is 163 Å². The molecule has 2 heterocycles. The molecule has 1 aromatic heterocycles. The first-order chi connectivity index (χ1) is 13.2. The second-order valence-corrected chi connectivity index (χ2v) is 6.93. The summed E-state index contributed by atoms with van der Waals surface area (Å²) >= 11 is 6.07. The van der Waals surface area contributed by atoms with Crippen molar-refractivity contribution in [3.05, 3.63) is 53.1 Å². The monoisotopic (exact) mass is 383 g/mol. The summed E-state index contributed by atoms with van der Waals surface area (Å²) in [7, 11) is 3.31. The molecule has 0 aliphatic carbocycles. The van der Waals surface area contributed by atoms with Crippen LogP contribution >= 0.6 is 11.6 Å². The lowest BCUT2D eigenvalue weighted by molar-refractivity contribution is 0.356. The van der Waals surface area contributed by atoms with Crippen LogP contribution in [-0.2, 0) is 6.42 Å². The first-order valence-electron chi connectivity index (χ1n) is 9.06. The summed E-state index contributed by atoms with van der Waals surface area (Å²) in [6.07, 6.45) is 3.21. The molecule has 0 atom stereocenters. The van der Waals surface area contributed by atoms with Crippen LogP contribution in [0.2, 0.25) is 5.02 Å². The zero-order chi connectivity index (χ0) is 18.8. The molecule has 2 aromatic carbocycles. The van der Waals surface area contributed by atoms with Gasteiger partial charge in [-0.25, -0.2) is 4.68 Å². The summed E-state index contributed by atoms with van der Waals surface area (Å²) < 4.78 is 13.1. The standard InChI is InChI=1S/C21H22ClN3O2/c1-26-18-8-5-7-16(20(18)27-2)19-17-6-3-4-13-23-21(17)25(24-19)15-11-9-14(22)10-12-15/h5,7-12,23H,3-4,6,13H2,1-2H3. The van der Waals surface area contributed by atoms with E-state index < -0.39 is 0 Å². The van der Waals surface area contributed by atoms with Gasteiger partial charge in [0.25, 0.3) is 0 Å². The molecular weight excluding hydrogens is 362 g/mol. The highest BCUT2D eigenvalue weighted by Crippen LogP contribution is 2.42. The molecule has 27 heavy (non-hydrogen) atoms. The SMILES string of the molecule is COc1cccc(-c2nn(-c3ccc(Cl)cc3)c3c2CCCCN3)c1OC. The van der Waals surface area contributed by atoms with Gasteiger partial charge in [0.1, 0.15) is 11.5 Å². The van der Waals surface area contributed by atoms with E-state index in [1.807, 2.05) is 47.1 Å². The van der Waals surface area contributed by atoms with Crippen molar-refractivity contribution in [2.75, 3.05) is 26.1 Å². The maximum Gasteiger partial charge on any atom is 0.170 e. The molecule has 6 heteroatoms. The van der Waals surface area contributed by atoms with Crippen LogP contribution in [0.3, 0.4) is 0 Å². The number of methoxy groups -OCH3 is 2. The average Bonchev–Trinajstić information content (AvgIpc) is 2.88. The van der Waals surface area contributed by atoms with Gasteiger partial charge in [-0.15, -0.1) is 0 Å². The highest BCUT2D eigenvalue weighted by atomic mass is 35.5. The van der Waals surface area contributed by atoms with Gasteiger partial charge in [0.2, 0.25) is 0 Å². The number of halogens is 1. The number of nitrogens with zero attached hydrogens (tertiary/aromatic N) is 2. The van der Waals surface area contributed by atoms with Crippen LogP contribution in [0, 0.1) is 0 Å². The third-order valence-corrected chi connectivity index (χ3v) is 5.11. The molecule has 5 nitrogen and oxygen atoms in total. The largest absolute Gasteiger partial charge is 0.493 e. The average molecular weight is 384 g/mol. The maximum atomic E-state index is 6.07. The van der Waals surface area contributed by atoms with E-state index in [9.17, 15) is 0 Å². The topological polar surface area (TPSA) is 48.3 Å². The minimum Gasteiger partial charge on any atom is -0.493 e. The number of anilines is 1. The number of aromatic nitrogens is 2. The van der Waals surface area contributed by atoms with E-state index in [2.05, 4.69) is 5.32 Å². The minimum atomic E-state index is 0.700. The van der Waals surface area contributed by atoms with E-state index in [4.69, 9.17) is 26.2 Å². The van der Waals surface area contributed by atoms with Crippen LogP contribution in [0.5, 0.6) is 11.5 Å². The smallest absolute Gasteiger partial charge is 0.170 e. The Hall–Kier alpha value is -2.66. The molecule has 3 aromatic rings. The molecule has 140 valence electrons. The molecule has 0 fully saturated rings. The quantitative estimate of drug-likeness (QED) is 0.691. The number of hydrogen-bond donors (Lipinski definition) is 1. The summed E-state index contributed by atoms with van der Waals surface area (Å²) in [4.78, 5) is 0. The number of benzene rings is 2. The molecule has 0 saturated carbocycles. The van der Waals surface area contributed by atoms with Crippen molar-refractivity contribution in [3.63, 3.8) is 0 Å². The van der Waals surface area contributed by atoms with Gasteiger partial charge in [-0.3, -0.25) is 0 Å². The summed E-state index contributed by atoms with van der Waals surface area (Å²) in [5.41, 5.74) is 4.03. The predicted octanol–water partition coefficient (Wildman–Crippen LogP) is 4.96. The molecule has 0 unspecified atom stereocenters. The van der Waals surface area contributed by atoms with E-state index in [1.54, 1.807) is 14.2 Å². The maximum absolute atomic E-state index is 6.07. The highest BCUT2D eigenvalue weighted by molar-refractivity contribution is 6.30. The summed E-state index contributed by atoms with van der Waals surface area (Å²) in [5, 5.41) is 9.23. The Morgan fingerprint density at radius 3 is 2.59 bits per heavy atom. The van der Waals surface area contributed by atoms with Crippen LogP contribution in [0.25, 0.3) is 16.9 Å². The third kappa shape index (κ3) is 3.23. The Morgan fingerprint density at radius 2 is 1.85 bits per heavy atom. The van der Waals surface area contributed by atoms with Crippen LogP contribution in [0.1, 0.15) is 18.4 Å². The molecule has 0 saturated heterocycles. The lowest BCUT2D eigenvalue weighted by Crippen LogP contribution is -2.07. The second kappa shape index (κ2) is 7.53. The van der Waals surface area contributed by atoms with Crippen LogP contribution in [0.15, 0.2) is 42.5 Å².